The maximum atomic E-state index is 13.3. The number of carbonyl (C=O) groups excluding carboxylic acids is 3. The number of phenolic OH excluding ortho intramolecular Hbond substituents is 4. The minimum atomic E-state index is -0.790. The number of hydrogen-bond acceptors (Lipinski definition) is 8. The molecule has 0 aromatic heterocycles. The standard InChI is InChI=1S/C23H16O8/c1-9(24)16-15(31-2)8-14(27)17(22(16)29)10-6-7-13(26)20-19(10)21(28)11-4-3-5-12(25)18(11)23(20)30/h3-8,25-27,29H,1-2H3. The van der Waals surface area contributed by atoms with Gasteiger partial charge in [-0.1, -0.05) is 12.1 Å². The van der Waals surface area contributed by atoms with Gasteiger partial charge in [0, 0.05) is 22.8 Å². The van der Waals surface area contributed by atoms with Gasteiger partial charge in [-0.15, -0.1) is 0 Å². The first-order valence-corrected chi connectivity index (χ1v) is 9.10. The number of rotatable bonds is 3. The van der Waals surface area contributed by atoms with Crippen LogP contribution in [0, 0.1) is 0 Å². The van der Waals surface area contributed by atoms with E-state index in [0.717, 1.165) is 12.1 Å². The van der Waals surface area contributed by atoms with E-state index in [-0.39, 0.29) is 44.7 Å². The number of aromatic hydroxyl groups is 4. The fraction of sp³-hybridized carbons (Fsp3) is 0.0870. The molecule has 0 atom stereocenters. The quantitative estimate of drug-likeness (QED) is 0.370. The molecule has 0 aliphatic heterocycles. The van der Waals surface area contributed by atoms with Gasteiger partial charge in [0.05, 0.1) is 23.8 Å². The zero-order chi connectivity index (χ0) is 22.6. The zero-order valence-electron chi connectivity index (χ0n) is 16.4. The second-order valence-corrected chi connectivity index (χ2v) is 6.99. The Labute approximate surface area is 175 Å². The lowest BCUT2D eigenvalue weighted by Gasteiger charge is -2.23. The zero-order valence-corrected chi connectivity index (χ0v) is 16.4. The van der Waals surface area contributed by atoms with Gasteiger partial charge >= 0.3 is 0 Å². The number of carbonyl (C=O) groups is 3. The third kappa shape index (κ3) is 2.72. The molecular formula is C23H16O8. The van der Waals surface area contributed by atoms with E-state index < -0.39 is 40.3 Å². The highest BCUT2D eigenvalue weighted by Crippen LogP contribution is 2.49. The van der Waals surface area contributed by atoms with Crippen LogP contribution in [0.3, 0.4) is 0 Å². The molecule has 4 rings (SSSR count). The monoisotopic (exact) mass is 420 g/mol. The SMILES string of the molecule is COc1cc(O)c(-c2ccc(O)c3c2C(=O)c2cccc(O)c2C3=O)c(O)c1C(C)=O. The fourth-order valence-electron chi connectivity index (χ4n) is 3.89. The van der Waals surface area contributed by atoms with Crippen LogP contribution < -0.4 is 4.74 Å². The predicted octanol–water partition coefficient (Wildman–Crippen LogP) is 3.16. The Balaban J connectivity index is 2.10. The maximum absolute atomic E-state index is 13.3. The Bertz CT molecular complexity index is 1320. The van der Waals surface area contributed by atoms with E-state index in [2.05, 4.69) is 0 Å². The van der Waals surface area contributed by atoms with Gasteiger partial charge in [0.1, 0.15) is 34.3 Å². The number of hydrogen-bond donors (Lipinski definition) is 4. The lowest BCUT2D eigenvalue weighted by molar-refractivity contribution is 0.0974. The largest absolute Gasteiger partial charge is 0.507 e. The highest BCUT2D eigenvalue weighted by molar-refractivity contribution is 6.32. The van der Waals surface area contributed by atoms with Crippen LogP contribution in [0.1, 0.15) is 49.1 Å². The molecular weight excluding hydrogens is 404 g/mol. The maximum Gasteiger partial charge on any atom is 0.201 e. The van der Waals surface area contributed by atoms with E-state index in [4.69, 9.17) is 4.74 Å². The van der Waals surface area contributed by atoms with Crippen molar-refractivity contribution in [2.24, 2.45) is 0 Å². The summed E-state index contributed by atoms with van der Waals surface area (Å²) in [5.41, 5.74) is -1.55. The summed E-state index contributed by atoms with van der Waals surface area (Å²) in [6, 6.07) is 7.47. The Kier molecular flexibility index (Phi) is 4.43. The first kappa shape index (κ1) is 20.0. The van der Waals surface area contributed by atoms with Crippen LogP contribution in [0.25, 0.3) is 11.1 Å². The van der Waals surface area contributed by atoms with Gasteiger partial charge in [0.15, 0.2) is 11.6 Å². The summed E-state index contributed by atoms with van der Waals surface area (Å²) < 4.78 is 5.06. The molecule has 8 heteroatoms. The summed E-state index contributed by atoms with van der Waals surface area (Å²) >= 11 is 0. The van der Waals surface area contributed by atoms with Crippen molar-refractivity contribution < 1.29 is 39.5 Å². The molecule has 0 radical (unpaired) electrons. The Morgan fingerprint density at radius 3 is 2.10 bits per heavy atom. The van der Waals surface area contributed by atoms with E-state index in [9.17, 15) is 34.8 Å². The summed E-state index contributed by atoms with van der Waals surface area (Å²) in [5, 5.41) is 41.8. The third-order valence-electron chi connectivity index (χ3n) is 5.24. The number of ketones is 3. The van der Waals surface area contributed by atoms with Gasteiger partial charge < -0.3 is 25.2 Å². The normalized spacial score (nSPS) is 12.3. The molecule has 4 N–H and O–H groups in total. The first-order chi connectivity index (χ1) is 14.7. The molecule has 8 nitrogen and oxygen atoms in total. The van der Waals surface area contributed by atoms with Crippen molar-refractivity contribution in [2.75, 3.05) is 7.11 Å². The molecule has 0 saturated heterocycles. The number of methoxy groups -OCH3 is 1. The first-order valence-electron chi connectivity index (χ1n) is 9.10. The van der Waals surface area contributed by atoms with Crippen LogP contribution in [0.15, 0.2) is 36.4 Å². The smallest absolute Gasteiger partial charge is 0.201 e. The van der Waals surface area contributed by atoms with Crippen LogP contribution in [0.2, 0.25) is 0 Å². The lowest BCUT2D eigenvalue weighted by Crippen LogP contribution is -2.22. The molecule has 31 heavy (non-hydrogen) atoms. The summed E-state index contributed by atoms with van der Waals surface area (Å²) in [6.45, 7) is 1.19. The van der Waals surface area contributed by atoms with Gasteiger partial charge in [-0.2, -0.15) is 0 Å². The fourth-order valence-corrected chi connectivity index (χ4v) is 3.89. The van der Waals surface area contributed by atoms with Crippen molar-refractivity contribution in [3.05, 3.63) is 64.2 Å². The molecule has 0 saturated carbocycles. The van der Waals surface area contributed by atoms with E-state index >= 15 is 0 Å². The third-order valence-corrected chi connectivity index (χ3v) is 5.24. The number of ether oxygens (including phenoxy) is 1. The number of phenols is 4. The molecule has 0 bridgehead atoms. The van der Waals surface area contributed by atoms with Gasteiger partial charge in [0.25, 0.3) is 0 Å². The van der Waals surface area contributed by atoms with Crippen LogP contribution in [0.4, 0.5) is 0 Å². The van der Waals surface area contributed by atoms with Crippen LogP contribution in [-0.4, -0.2) is 44.9 Å². The molecule has 0 fully saturated rings. The van der Waals surface area contributed by atoms with Gasteiger partial charge in [-0.3, -0.25) is 14.4 Å². The number of benzene rings is 3. The minimum Gasteiger partial charge on any atom is -0.507 e. The van der Waals surface area contributed by atoms with E-state index in [1.165, 1.54) is 38.3 Å². The number of Topliss-reactive ketones (excluding diaryl/α,β-unsaturated/α-hetero) is 1. The highest BCUT2D eigenvalue weighted by Gasteiger charge is 2.37. The van der Waals surface area contributed by atoms with Gasteiger partial charge in [0.2, 0.25) is 5.78 Å². The molecule has 1 aliphatic rings. The van der Waals surface area contributed by atoms with E-state index in [0.29, 0.717) is 0 Å². The van der Waals surface area contributed by atoms with Crippen molar-refractivity contribution in [3.8, 4) is 39.9 Å². The van der Waals surface area contributed by atoms with Gasteiger partial charge in [-0.05, 0) is 25.1 Å². The summed E-state index contributed by atoms with van der Waals surface area (Å²) in [7, 11) is 1.26. The summed E-state index contributed by atoms with van der Waals surface area (Å²) in [4.78, 5) is 38.4. The molecule has 1 aliphatic carbocycles. The van der Waals surface area contributed by atoms with Crippen molar-refractivity contribution in [2.45, 2.75) is 6.92 Å². The van der Waals surface area contributed by atoms with E-state index in [1.807, 2.05) is 0 Å². The second kappa shape index (κ2) is 6.88. The molecule has 0 amide bonds. The highest BCUT2D eigenvalue weighted by atomic mass is 16.5. The molecule has 156 valence electrons. The molecule has 0 spiro atoms. The molecule has 3 aromatic rings. The topological polar surface area (TPSA) is 141 Å². The van der Waals surface area contributed by atoms with Crippen molar-refractivity contribution >= 4 is 17.3 Å². The Morgan fingerprint density at radius 1 is 0.774 bits per heavy atom. The molecule has 3 aromatic carbocycles. The second-order valence-electron chi connectivity index (χ2n) is 6.99. The van der Waals surface area contributed by atoms with Crippen molar-refractivity contribution in [1.29, 1.82) is 0 Å². The predicted molar refractivity (Wildman–Crippen MR) is 108 cm³/mol. The average molecular weight is 420 g/mol. The minimum absolute atomic E-state index is 0.0692. The van der Waals surface area contributed by atoms with E-state index in [1.54, 1.807) is 0 Å². The van der Waals surface area contributed by atoms with Crippen LogP contribution >= 0.6 is 0 Å². The van der Waals surface area contributed by atoms with Crippen molar-refractivity contribution in [3.63, 3.8) is 0 Å². The Morgan fingerprint density at radius 2 is 1.45 bits per heavy atom. The van der Waals surface area contributed by atoms with Crippen LogP contribution in [-0.2, 0) is 0 Å². The van der Waals surface area contributed by atoms with Crippen LogP contribution in [0.5, 0.6) is 28.7 Å². The van der Waals surface area contributed by atoms with Crippen molar-refractivity contribution in [1.82, 2.24) is 0 Å². The lowest BCUT2D eigenvalue weighted by atomic mass is 9.79. The molecule has 0 unspecified atom stereocenters. The summed E-state index contributed by atoms with van der Waals surface area (Å²) in [6.07, 6.45) is 0. The molecule has 0 heterocycles. The average Bonchev–Trinajstić information content (AvgIpc) is 2.71. The number of fused-ring (bicyclic) bond motifs is 2. The Hall–Kier alpha value is -4.33. The van der Waals surface area contributed by atoms with Gasteiger partial charge in [-0.25, -0.2) is 0 Å². The summed E-state index contributed by atoms with van der Waals surface area (Å²) in [5.74, 6) is -4.19.